The highest BCUT2D eigenvalue weighted by Gasteiger charge is 2.27. The van der Waals surface area contributed by atoms with E-state index < -0.39 is 5.60 Å². The Hall–Kier alpha value is -3.39. The van der Waals surface area contributed by atoms with Crippen LogP contribution < -0.4 is 4.90 Å². The molecule has 1 saturated heterocycles. The number of aromatic nitrogens is 3. The molecule has 0 unspecified atom stereocenters. The average Bonchev–Trinajstić information content (AvgIpc) is 3.42. The van der Waals surface area contributed by atoms with Gasteiger partial charge in [-0.2, -0.15) is 0 Å². The van der Waals surface area contributed by atoms with Crippen LogP contribution in [0.3, 0.4) is 0 Å². The molecule has 1 N–H and O–H groups in total. The lowest BCUT2D eigenvalue weighted by Crippen LogP contribution is -2.50. The number of pyridine rings is 1. The molecule has 8 heteroatoms. The summed E-state index contributed by atoms with van der Waals surface area (Å²) in [5.41, 5.74) is 8.26. The number of piperazine rings is 1. The maximum Gasteiger partial charge on any atom is 0.410 e. The highest BCUT2D eigenvalue weighted by molar-refractivity contribution is 7.14. The third kappa shape index (κ3) is 4.95. The van der Waals surface area contributed by atoms with Gasteiger partial charge in [-0.1, -0.05) is 12.1 Å². The molecule has 4 heterocycles. The average molecular weight is 504 g/mol. The molecule has 0 saturated carbocycles. The number of carbonyl (C=O) groups is 1. The maximum atomic E-state index is 12.4. The number of fused-ring (bicyclic) bond motifs is 1. The fourth-order valence-corrected chi connectivity index (χ4v) is 5.60. The number of aryl methyl sites for hydroxylation is 3. The third-order valence-corrected chi connectivity index (χ3v) is 7.32. The molecule has 1 fully saturated rings. The smallest absolute Gasteiger partial charge is 0.410 e. The van der Waals surface area contributed by atoms with Crippen LogP contribution >= 0.6 is 11.3 Å². The molecule has 1 aromatic carbocycles. The van der Waals surface area contributed by atoms with Gasteiger partial charge in [-0.05, 0) is 65.3 Å². The normalized spacial score (nSPS) is 14.5. The largest absolute Gasteiger partial charge is 0.444 e. The van der Waals surface area contributed by atoms with Gasteiger partial charge in [0.25, 0.3) is 0 Å². The number of aromatic amines is 1. The Balaban J connectivity index is 1.33. The summed E-state index contributed by atoms with van der Waals surface area (Å²) in [6.07, 6.45) is -0.243. The number of H-pyrrole nitrogens is 1. The van der Waals surface area contributed by atoms with Crippen molar-refractivity contribution in [3.05, 3.63) is 52.7 Å². The minimum Gasteiger partial charge on any atom is -0.444 e. The summed E-state index contributed by atoms with van der Waals surface area (Å²) in [4.78, 5) is 29.5. The Kier molecular flexibility index (Phi) is 6.24. The molecule has 0 radical (unpaired) electrons. The van der Waals surface area contributed by atoms with E-state index in [1.165, 1.54) is 10.9 Å². The van der Waals surface area contributed by atoms with Crippen LogP contribution in [0.5, 0.6) is 0 Å². The summed E-state index contributed by atoms with van der Waals surface area (Å²) < 4.78 is 5.51. The molecule has 0 spiro atoms. The van der Waals surface area contributed by atoms with Gasteiger partial charge in [0.05, 0.1) is 5.69 Å². The molecule has 1 aliphatic heterocycles. The Bertz CT molecular complexity index is 1400. The summed E-state index contributed by atoms with van der Waals surface area (Å²) in [6, 6.07) is 10.8. The number of rotatable bonds is 3. The van der Waals surface area contributed by atoms with Crippen molar-refractivity contribution >= 4 is 33.5 Å². The lowest BCUT2D eigenvalue weighted by atomic mass is 10.0. The van der Waals surface area contributed by atoms with Gasteiger partial charge < -0.3 is 19.5 Å². The maximum absolute atomic E-state index is 12.4. The van der Waals surface area contributed by atoms with Gasteiger partial charge in [-0.3, -0.25) is 4.98 Å². The van der Waals surface area contributed by atoms with Gasteiger partial charge in [-0.15, -0.1) is 11.3 Å². The molecule has 188 valence electrons. The van der Waals surface area contributed by atoms with E-state index in [0.29, 0.717) is 13.1 Å². The quantitative estimate of drug-likeness (QED) is 0.353. The van der Waals surface area contributed by atoms with E-state index in [4.69, 9.17) is 9.72 Å². The summed E-state index contributed by atoms with van der Waals surface area (Å²) in [6.45, 7) is 14.7. The van der Waals surface area contributed by atoms with E-state index in [9.17, 15) is 4.79 Å². The molecule has 36 heavy (non-hydrogen) atoms. The van der Waals surface area contributed by atoms with E-state index in [-0.39, 0.29) is 6.09 Å². The summed E-state index contributed by atoms with van der Waals surface area (Å²) in [5.74, 6) is 0. The Morgan fingerprint density at radius 1 is 0.972 bits per heavy atom. The number of anilines is 1. The molecule has 1 aliphatic rings. The zero-order valence-electron chi connectivity index (χ0n) is 21.8. The van der Waals surface area contributed by atoms with Crippen molar-refractivity contribution in [3.8, 4) is 22.5 Å². The highest BCUT2D eigenvalue weighted by atomic mass is 32.1. The Morgan fingerprint density at radius 2 is 1.67 bits per heavy atom. The van der Waals surface area contributed by atoms with Crippen LogP contribution in [0, 0.1) is 20.8 Å². The van der Waals surface area contributed by atoms with E-state index >= 15 is 0 Å². The van der Waals surface area contributed by atoms with Crippen LogP contribution in [0.15, 0.2) is 35.7 Å². The SMILES string of the molecule is Cc1cc(-c2[nH]c3cc(-c4csc(N5CCN(C(=O)OC(C)(C)C)CC5)n4)ccc3c2C)cc(C)n1. The van der Waals surface area contributed by atoms with Gasteiger partial charge >= 0.3 is 6.09 Å². The first-order valence-corrected chi connectivity index (χ1v) is 13.2. The van der Waals surface area contributed by atoms with Crippen LogP contribution in [-0.4, -0.2) is 57.7 Å². The molecule has 7 nitrogen and oxygen atoms in total. The fourth-order valence-electron chi connectivity index (χ4n) is 4.71. The summed E-state index contributed by atoms with van der Waals surface area (Å²) in [5, 5.41) is 4.32. The van der Waals surface area contributed by atoms with Gasteiger partial charge in [0, 0.05) is 70.7 Å². The molecule has 3 aromatic heterocycles. The third-order valence-electron chi connectivity index (χ3n) is 6.42. The number of thiazole rings is 1. The lowest BCUT2D eigenvalue weighted by molar-refractivity contribution is 0.0240. The number of nitrogens with zero attached hydrogens (tertiary/aromatic N) is 4. The van der Waals surface area contributed by atoms with E-state index in [2.05, 4.69) is 57.5 Å². The molecule has 0 aliphatic carbocycles. The predicted octanol–water partition coefficient (Wildman–Crippen LogP) is 6.34. The minimum atomic E-state index is -0.478. The Labute approximate surface area is 216 Å². The second kappa shape index (κ2) is 9.24. The van der Waals surface area contributed by atoms with Crippen molar-refractivity contribution < 1.29 is 9.53 Å². The van der Waals surface area contributed by atoms with E-state index in [1.54, 1.807) is 16.2 Å². The monoisotopic (exact) mass is 503 g/mol. The van der Waals surface area contributed by atoms with Crippen LogP contribution in [0.25, 0.3) is 33.4 Å². The molecular weight excluding hydrogens is 470 g/mol. The number of hydrogen-bond acceptors (Lipinski definition) is 6. The van der Waals surface area contributed by atoms with Crippen molar-refractivity contribution in [2.24, 2.45) is 0 Å². The van der Waals surface area contributed by atoms with E-state index in [0.717, 1.165) is 57.6 Å². The minimum absolute atomic E-state index is 0.243. The molecule has 4 aromatic rings. The lowest BCUT2D eigenvalue weighted by Gasteiger charge is -2.35. The topological polar surface area (TPSA) is 74.4 Å². The molecule has 5 rings (SSSR count). The predicted molar refractivity (Wildman–Crippen MR) is 147 cm³/mol. The first-order valence-electron chi connectivity index (χ1n) is 12.3. The van der Waals surface area contributed by atoms with E-state index in [1.807, 2.05) is 34.6 Å². The first-order chi connectivity index (χ1) is 17.1. The van der Waals surface area contributed by atoms with Crippen LogP contribution in [0.2, 0.25) is 0 Å². The number of ether oxygens (including phenoxy) is 1. The molecule has 0 bridgehead atoms. The van der Waals surface area contributed by atoms with Gasteiger partial charge in [-0.25, -0.2) is 9.78 Å². The van der Waals surface area contributed by atoms with Crippen molar-refractivity contribution in [1.82, 2.24) is 19.9 Å². The summed E-state index contributed by atoms with van der Waals surface area (Å²) in [7, 11) is 0. The fraction of sp³-hybridized carbons (Fsp3) is 0.393. The molecule has 1 amide bonds. The van der Waals surface area contributed by atoms with Crippen LogP contribution in [0.1, 0.15) is 37.7 Å². The first kappa shape index (κ1) is 24.3. The van der Waals surface area contributed by atoms with Crippen molar-refractivity contribution in [2.45, 2.75) is 47.1 Å². The summed E-state index contributed by atoms with van der Waals surface area (Å²) >= 11 is 1.65. The zero-order valence-corrected chi connectivity index (χ0v) is 22.6. The second-order valence-electron chi connectivity index (χ2n) is 10.5. The standard InChI is InChI=1S/C28H33N5O2S/c1-17-13-21(14-18(2)29-17)25-19(3)22-8-7-20(15-23(22)30-25)24-16-36-26(31-24)32-9-11-33(12-10-32)27(34)35-28(4,5)6/h7-8,13-16,30H,9-12H2,1-6H3. The number of carbonyl (C=O) groups excluding carboxylic acids is 1. The van der Waals surface area contributed by atoms with Crippen molar-refractivity contribution in [2.75, 3.05) is 31.1 Å². The van der Waals surface area contributed by atoms with Gasteiger partial charge in [0.2, 0.25) is 0 Å². The van der Waals surface area contributed by atoms with Crippen molar-refractivity contribution in [3.63, 3.8) is 0 Å². The number of benzene rings is 1. The number of amides is 1. The Morgan fingerprint density at radius 3 is 2.33 bits per heavy atom. The van der Waals surface area contributed by atoms with Gasteiger partial charge in [0.1, 0.15) is 5.60 Å². The zero-order chi connectivity index (χ0) is 25.6. The number of hydrogen-bond donors (Lipinski definition) is 1. The molecular formula is C28H33N5O2S. The number of nitrogens with one attached hydrogen (secondary N) is 1. The second-order valence-corrected chi connectivity index (χ2v) is 11.3. The highest BCUT2D eigenvalue weighted by Crippen LogP contribution is 2.34. The van der Waals surface area contributed by atoms with Gasteiger partial charge in [0.15, 0.2) is 5.13 Å². The van der Waals surface area contributed by atoms with Crippen LogP contribution in [-0.2, 0) is 4.74 Å². The van der Waals surface area contributed by atoms with Crippen LogP contribution in [0.4, 0.5) is 9.93 Å². The van der Waals surface area contributed by atoms with Crippen molar-refractivity contribution in [1.29, 1.82) is 0 Å². The molecule has 0 atom stereocenters.